The largest absolute Gasteiger partial charge is 0.481 e. The molecular weight excluding hydrogens is 170 g/mol. The molecular formula is C9H7NO3. The highest BCUT2D eigenvalue weighted by Gasteiger charge is 1.92. The van der Waals surface area contributed by atoms with E-state index in [2.05, 4.69) is 16.8 Å². The van der Waals surface area contributed by atoms with Crippen molar-refractivity contribution >= 4 is 5.97 Å². The Morgan fingerprint density at radius 3 is 3.00 bits per heavy atom. The summed E-state index contributed by atoms with van der Waals surface area (Å²) in [5, 5.41) is 8.27. The van der Waals surface area contributed by atoms with Crippen molar-refractivity contribution in [3.05, 3.63) is 34.2 Å². The van der Waals surface area contributed by atoms with Gasteiger partial charge in [0.25, 0.3) is 0 Å². The van der Waals surface area contributed by atoms with Gasteiger partial charge in [0, 0.05) is 18.5 Å². The average molecular weight is 177 g/mol. The lowest BCUT2D eigenvalue weighted by Crippen LogP contribution is -2.03. The van der Waals surface area contributed by atoms with E-state index in [9.17, 15) is 9.59 Å². The summed E-state index contributed by atoms with van der Waals surface area (Å²) in [7, 11) is 0. The quantitative estimate of drug-likeness (QED) is 0.602. The second-order valence-corrected chi connectivity index (χ2v) is 2.29. The summed E-state index contributed by atoms with van der Waals surface area (Å²) in [5.74, 6) is 3.84. The molecule has 0 spiro atoms. The lowest BCUT2D eigenvalue weighted by Gasteiger charge is -1.85. The zero-order valence-corrected chi connectivity index (χ0v) is 6.70. The summed E-state index contributed by atoms with van der Waals surface area (Å²) in [6.45, 7) is 0. The number of aromatic nitrogens is 1. The van der Waals surface area contributed by atoms with Crippen molar-refractivity contribution in [2.24, 2.45) is 0 Å². The number of hydrogen-bond donors (Lipinski definition) is 2. The van der Waals surface area contributed by atoms with Crippen molar-refractivity contribution in [2.75, 3.05) is 0 Å². The molecule has 0 saturated heterocycles. The van der Waals surface area contributed by atoms with E-state index in [4.69, 9.17) is 5.11 Å². The SMILES string of the molecule is O=C(O)CC#Cc1c[nH]ccc1=O. The van der Waals surface area contributed by atoms with Gasteiger partial charge in [0.15, 0.2) is 5.43 Å². The zero-order chi connectivity index (χ0) is 9.68. The molecule has 0 bridgehead atoms. The molecule has 2 N–H and O–H groups in total. The molecule has 13 heavy (non-hydrogen) atoms. The molecule has 0 aliphatic carbocycles. The number of carboxylic acid groups (broad SMARTS) is 1. The minimum absolute atomic E-state index is 0.211. The van der Waals surface area contributed by atoms with Crippen LogP contribution < -0.4 is 5.43 Å². The van der Waals surface area contributed by atoms with Gasteiger partial charge in [-0.3, -0.25) is 9.59 Å². The molecule has 0 aliphatic heterocycles. The predicted octanol–water partition coefficient (Wildman–Crippen LogP) is 0.201. The minimum atomic E-state index is -1.00. The van der Waals surface area contributed by atoms with E-state index >= 15 is 0 Å². The molecule has 0 aliphatic rings. The van der Waals surface area contributed by atoms with Crippen LogP contribution in [-0.2, 0) is 4.79 Å². The molecule has 1 rings (SSSR count). The molecule has 0 aromatic carbocycles. The van der Waals surface area contributed by atoms with Crippen molar-refractivity contribution in [1.29, 1.82) is 0 Å². The van der Waals surface area contributed by atoms with E-state index < -0.39 is 5.97 Å². The van der Waals surface area contributed by atoms with Crippen LogP contribution >= 0.6 is 0 Å². The highest BCUT2D eigenvalue weighted by molar-refractivity contribution is 5.70. The number of H-pyrrole nitrogens is 1. The summed E-state index contributed by atoms with van der Waals surface area (Å²) in [6.07, 6.45) is 2.68. The van der Waals surface area contributed by atoms with Crippen LogP contribution in [0.15, 0.2) is 23.3 Å². The fourth-order valence-corrected chi connectivity index (χ4v) is 0.729. The van der Waals surface area contributed by atoms with Crippen molar-refractivity contribution in [1.82, 2.24) is 4.98 Å². The zero-order valence-electron chi connectivity index (χ0n) is 6.70. The first-order chi connectivity index (χ1) is 6.20. The topological polar surface area (TPSA) is 70.2 Å². The molecule has 0 atom stereocenters. The Labute approximate surface area is 74.2 Å². The van der Waals surface area contributed by atoms with Crippen LogP contribution in [0.4, 0.5) is 0 Å². The number of aliphatic carboxylic acids is 1. The summed E-state index contributed by atoms with van der Waals surface area (Å²) in [4.78, 5) is 23.8. The normalized spacial score (nSPS) is 8.62. The molecule has 0 unspecified atom stereocenters. The third-order valence-corrected chi connectivity index (χ3v) is 1.29. The second-order valence-electron chi connectivity index (χ2n) is 2.29. The van der Waals surface area contributed by atoms with Gasteiger partial charge in [-0.1, -0.05) is 11.8 Å². The van der Waals surface area contributed by atoms with Crippen molar-refractivity contribution < 1.29 is 9.90 Å². The Kier molecular flexibility index (Phi) is 2.87. The van der Waals surface area contributed by atoms with Gasteiger partial charge < -0.3 is 10.1 Å². The molecule has 0 amide bonds. The maximum atomic E-state index is 11.0. The lowest BCUT2D eigenvalue weighted by molar-refractivity contribution is -0.135. The maximum Gasteiger partial charge on any atom is 0.315 e. The van der Waals surface area contributed by atoms with Gasteiger partial charge in [-0.15, -0.1) is 0 Å². The minimum Gasteiger partial charge on any atom is -0.481 e. The Bertz CT molecular complexity index is 422. The van der Waals surface area contributed by atoms with Gasteiger partial charge in [-0.2, -0.15) is 0 Å². The third kappa shape index (κ3) is 2.83. The van der Waals surface area contributed by atoms with E-state index in [-0.39, 0.29) is 17.4 Å². The van der Waals surface area contributed by atoms with E-state index in [1.807, 2.05) is 0 Å². The first kappa shape index (κ1) is 9.07. The Morgan fingerprint density at radius 1 is 1.62 bits per heavy atom. The highest BCUT2D eigenvalue weighted by Crippen LogP contribution is 1.84. The standard InChI is InChI=1S/C9H7NO3/c11-8-4-5-10-6-7(8)2-1-3-9(12)13/h4-6H,3H2,(H,10,11)(H,12,13). The highest BCUT2D eigenvalue weighted by atomic mass is 16.4. The van der Waals surface area contributed by atoms with E-state index in [0.29, 0.717) is 0 Å². The van der Waals surface area contributed by atoms with Crippen molar-refractivity contribution in [3.63, 3.8) is 0 Å². The van der Waals surface area contributed by atoms with E-state index in [1.54, 1.807) is 0 Å². The Morgan fingerprint density at radius 2 is 2.38 bits per heavy atom. The smallest absolute Gasteiger partial charge is 0.315 e. The number of hydrogen-bond acceptors (Lipinski definition) is 2. The number of rotatable bonds is 1. The van der Waals surface area contributed by atoms with Gasteiger partial charge in [-0.05, 0) is 0 Å². The Hall–Kier alpha value is -2.02. The number of carbonyl (C=O) groups is 1. The van der Waals surface area contributed by atoms with Crippen molar-refractivity contribution in [2.45, 2.75) is 6.42 Å². The molecule has 1 heterocycles. The fraction of sp³-hybridized carbons (Fsp3) is 0.111. The molecule has 4 heteroatoms. The van der Waals surface area contributed by atoms with Crippen LogP contribution in [0.1, 0.15) is 12.0 Å². The Balaban J connectivity index is 2.84. The van der Waals surface area contributed by atoms with Gasteiger partial charge in [0.05, 0.1) is 5.56 Å². The monoisotopic (exact) mass is 177 g/mol. The molecule has 1 aromatic heterocycles. The van der Waals surface area contributed by atoms with Gasteiger partial charge in [-0.25, -0.2) is 0 Å². The number of aromatic amines is 1. The van der Waals surface area contributed by atoms with Crippen molar-refractivity contribution in [3.8, 4) is 11.8 Å². The predicted molar refractivity (Wildman–Crippen MR) is 46.2 cm³/mol. The molecule has 1 aromatic rings. The first-order valence-electron chi connectivity index (χ1n) is 3.58. The average Bonchev–Trinajstić information content (AvgIpc) is 2.08. The van der Waals surface area contributed by atoms with E-state index in [1.165, 1.54) is 18.5 Å². The van der Waals surface area contributed by atoms with Crippen LogP contribution in [0.5, 0.6) is 0 Å². The van der Waals surface area contributed by atoms with E-state index in [0.717, 1.165) is 0 Å². The van der Waals surface area contributed by atoms with Crippen LogP contribution in [0.25, 0.3) is 0 Å². The lowest BCUT2D eigenvalue weighted by atomic mass is 10.2. The second kappa shape index (κ2) is 4.12. The molecule has 0 fully saturated rings. The summed E-state index contributed by atoms with van der Waals surface area (Å²) >= 11 is 0. The number of pyridine rings is 1. The summed E-state index contributed by atoms with van der Waals surface area (Å²) < 4.78 is 0. The molecule has 66 valence electrons. The number of nitrogens with one attached hydrogen (secondary N) is 1. The summed E-state index contributed by atoms with van der Waals surface area (Å²) in [6, 6.07) is 1.34. The van der Waals surface area contributed by atoms with Gasteiger partial charge >= 0.3 is 5.97 Å². The molecule has 0 saturated carbocycles. The summed E-state index contributed by atoms with van der Waals surface area (Å²) in [5.41, 5.74) is 0.0698. The van der Waals surface area contributed by atoms with Crippen LogP contribution in [0.2, 0.25) is 0 Å². The molecule has 4 nitrogen and oxygen atoms in total. The van der Waals surface area contributed by atoms with Crippen LogP contribution in [0, 0.1) is 11.8 Å². The first-order valence-corrected chi connectivity index (χ1v) is 3.58. The van der Waals surface area contributed by atoms with Gasteiger partial charge in [0.2, 0.25) is 0 Å². The molecule has 0 radical (unpaired) electrons. The van der Waals surface area contributed by atoms with Crippen LogP contribution in [-0.4, -0.2) is 16.1 Å². The maximum absolute atomic E-state index is 11.0. The third-order valence-electron chi connectivity index (χ3n) is 1.29. The van der Waals surface area contributed by atoms with Gasteiger partial charge in [0.1, 0.15) is 6.42 Å². The van der Waals surface area contributed by atoms with Crippen LogP contribution in [0.3, 0.4) is 0 Å². The number of carboxylic acids is 1. The fourth-order valence-electron chi connectivity index (χ4n) is 0.729.